The molecule has 2 rings (SSSR count). The minimum absolute atomic E-state index is 0.0264. The van der Waals surface area contributed by atoms with Gasteiger partial charge in [-0.1, -0.05) is 0 Å². The normalized spacial score (nSPS) is 18.5. The highest BCUT2D eigenvalue weighted by molar-refractivity contribution is 5.95. The average molecular weight is 262 g/mol. The lowest BCUT2D eigenvalue weighted by atomic mass is 10.2. The molecule has 0 saturated carbocycles. The fourth-order valence-electron chi connectivity index (χ4n) is 2.27. The van der Waals surface area contributed by atoms with E-state index in [1.165, 1.54) is 6.33 Å². The van der Waals surface area contributed by atoms with Crippen molar-refractivity contribution in [3.63, 3.8) is 0 Å². The highest BCUT2D eigenvalue weighted by Gasteiger charge is 2.31. The fourth-order valence-corrected chi connectivity index (χ4v) is 2.27. The molecule has 0 aromatic carbocycles. The summed E-state index contributed by atoms with van der Waals surface area (Å²) < 4.78 is 0. The largest absolute Gasteiger partial charge is 0.341 e. The Kier molecular flexibility index (Phi) is 3.78. The van der Waals surface area contributed by atoms with Crippen molar-refractivity contribution in [3.8, 4) is 0 Å². The first-order chi connectivity index (χ1) is 9.00. The van der Waals surface area contributed by atoms with E-state index in [2.05, 4.69) is 9.97 Å². The number of carbonyl (C=O) groups is 2. The Morgan fingerprint density at radius 3 is 2.84 bits per heavy atom. The number of hydrogen-bond acceptors (Lipinski definition) is 4. The van der Waals surface area contributed by atoms with Gasteiger partial charge >= 0.3 is 0 Å². The summed E-state index contributed by atoms with van der Waals surface area (Å²) in [7, 11) is 1.78. The van der Waals surface area contributed by atoms with Gasteiger partial charge in [0.15, 0.2) is 0 Å². The van der Waals surface area contributed by atoms with E-state index in [0.29, 0.717) is 24.3 Å². The molecule has 1 aromatic rings. The van der Waals surface area contributed by atoms with E-state index in [-0.39, 0.29) is 17.9 Å². The molecule has 1 unspecified atom stereocenters. The van der Waals surface area contributed by atoms with E-state index < -0.39 is 0 Å². The lowest BCUT2D eigenvalue weighted by molar-refractivity contribution is -0.129. The standard InChI is InChI=1S/C13H18N4O2/c1-9-12(6-14-8-15-9)13(19)17-5-4-11(7-17)16(3)10(2)18/h6,8,11H,4-5,7H2,1-3H3. The van der Waals surface area contributed by atoms with Crippen molar-refractivity contribution in [3.05, 3.63) is 23.8 Å². The Bertz CT molecular complexity index is 503. The maximum atomic E-state index is 12.3. The molecule has 6 nitrogen and oxygen atoms in total. The smallest absolute Gasteiger partial charge is 0.257 e. The van der Waals surface area contributed by atoms with Crippen LogP contribution in [0.1, 0.15) is 29.4 Å². The summed E-state index contributed by atoms with van der Waals surface area (Å²) in [5.74, 6) is -0.0314. The Labute approximate surface area is 112 Å². The van der Waals surface area contributed by atoms with Crippen LogP contribution in [0.3, 0.4) is 0 Å². The molecular formula is C13H18N4O2. The second-order valence-corrected chi connectivity index (χ2v) is 4.85. The van der Waals surface area contributed by atoms with Crippen LogP contribution in [0.2, 0.25) is 0 Å². The van der Waals surface area contributed by atoms with Gasteiger partial charge < -0.3 is 9.80 Å². The number of aryl methyl sites for hydroxylation is 1. The van der Waals surface area contributed by atoms with Crippen LogP contribution in [-0.2, 0) is 4.79 Å². The van der Waals surface area contributed by atoms with Gasteiger partial charge in [-0.2, -0.15) is 0 Å². The Balaban J connectivity index is 2.07. The van der Waals surface area contributed by atoms with Gasteiger partial charge in [0.1, 0.15) is 6.33 Å². The third kappa shape index (κ3) is 2.72. The molecule has 1 aliphatic heterocycles. The topological polar surface area (TPSA) is 66.4 Å². The van der Waals surface area contributed by atoms with Crippen LogP contribution >= 0.6 is 0 Å². The second-order valence-electron chi connectivity index (χ2n) is 4.85. The van der Waals surface area contributed by atoms with Crippen LogP contribution in [0.25, 0.3) is 0 Å². The fraction of sp³-hybridized carbons (Fsp3) is 0.538. The number of nitrogens with zero attached hydrogens (tertiary/aromatic N) is 4. The van der Waals surface area contributed by atoms with Crippen LogP contribution in [0.5, 0.6) is 0 Å². The van der Waals surface area contributed by atoms with Crippen molar-refractivity contribution < 1.29 is 9.59 Å². The van der Waals surface area contributed by atoms with E-state index in [4.69, 9.17) is 0 Å². The van der Waals surface area contributed by atoms with Gasteiger partial charge in [0, 0.05) is 33.3 Å². The first kappa shape index (κ1) is 13.5. The summed E-state index contributed by atoms with van der Waals surface area (Å²) >= 11 is 0. The van der Waals surface area contributed by atoms with Gasteiger partial charge in [0.2, 0.25) is 5.91 Å². The highest BCUT2D eigenvalue weighted by Crippen LogP contribution is 2.17. The molecule has 1 aromatic heterocycles. The minimum Gasteiger partial charge on any atom is -0.341 e. The predicted octanol–water partition coefficient (Wildman–Crippen LogP) is 0.478. The number of likely N-dealkylation sites (N-methyl/N-ethyl adjacent to an activating group) is 1. The maximum absolute atomic E-state index is 12.3. The lowest BCUT2D eigenvalue weighted by Crippen LogP contribution is -2.39. The second kappa shape index (κ2) is 5.34. The van der Waals surface area contributed by atoms with Gasteiger partial charge in [-0.3, -0.25) is 9.59 Å². The van der Waals surface area contributed by atoms with Crippen molar-refractivity contribution in [2.24, 2.45) is 0 Å². The van der Waals surface area contributed by atoms with E-state index >= 15 is 0 Å². The van der Waals surface area contributed by atoms with Crippen LogP contribution in [0, 0.1) is 6.92 Å². The minimum atomic E-state index is -0.0578. The first-order valence-electron chi connectivity index (χ1n) is 6.30. The zero-order chi connectivity index (χ0) is 14.0. The van der Waals surface area contributed by atoms with Crippen molar-refractivity contribution >= 4 is 11.8 Å². The molecule has 1 aliphatic rings. The lowest BCUT2D eigenvalue weighted by Gasteiger charge is -2.23. The molecule has 6 heteroatoms. The first-order valence-corrected chi connectivity index (χ1v) is 6.30. The molecule has 0 aliphatic carbocycles. The zero-order valence-electron chi connectivity index (χ0n) is 11.5. The summed E-state index contributed by atoms with van der Waals surface area (Å²) in [6.07, 6.45) is 3.80. The molecule has 1 atom stereocenters. The molecule has 102 valence electrons. The molecule has 2 amide bonds. The van der Waals surface area contributed by atoms with Crippen LogP contribution in [-0.4, -0.2) is 57.8 Å². The van der Waals surface area contributed by atoms with Crippen molar-refractivity contribution in [2.75, 3.05) is 20.1 Å². The summed E-state index contributed by atoms with van der Waals surface area (Å²) in [4.78, 5) is 35.1. The van der Waals surface area contributed by atoms with Gasteiger partial charge in [-0.15, -0.1) is 0 Å². The number of carbonyl (C=O) groups excluding carboxylic acids is 2. The molecule has 0 N–H and O–H groups in total. The molecule has 0 radical (unpaired) electrons. The van der Waals surface area contributed by atoms with E-state index in [9.17, 15) is 9.59 Å². The van der Waals surface area contributed by atoms with Crippen molar-refractivity contribution in [1.29, 1.82) is 0 Å². The monoisotopic (exact) mass is 262 g/mol. The molecule has 0 spiro atoms. The van der Waals surface area contributed by atoms with Gasteiger partial charge in [0.25, 0.3) is 5.91 Å². The summed E-state index contributed by atoms with van der Waals surface area (Å²) in [6.45, 7) is 4.57. The third-order valence-electron chi connectivity index (χ3n) is 3.64. The van der Waals surface area contributed by atoms with Crippen LogP contribution in [0.15, 0.2) is 12.5 Å². The number of likely N-dealkylation sites (tertiary alicyclic amines) is 1. The number of aromatic nitrogens is 2. The molecule has 19 heavy (non-hydrogen) atoms. The maximum Gasteiger partial charge on any atom is 0.257 e. The number of rotatable bonds is 2. The summed E-state index contributed by atoms with van der Waals surface area (Å²) in [5.41, 5.74) is 1.22. The van der Waals surface area contributed by atoms with Crippen molar-refractivity contribution in [2.45, 2.75) is 26.3 Å². The summed E-state index contributed by atoms with van der Waals surface area (Å²) in [5, 5.41) is 0. The molecule has 2 heterocycles. The quantitative estimate of drug-likeness (QED) is 0.777. The molecule has 1 saturated heterocycles. The van der Waals surface area contributed by atoms with Crippen LogP contribution < -0.4 is 0 Å². The molecular weight excluding hydrogens is 244 g/mol. The molecule has 1 fully saturated rings. The summed E-state index contributed by atoms with van der Waals surface area (Å²) in [6, 6.07) is 0.103. The average Bonchev–Trinajstić information content (AvgIpc) is 2.87. The number of amides is 2. The SMILES string of the molecule is CC(=O)N(C)C1CCN(C(=O)c2cncnc2C)C1. The van der Waals surface area contributed by atoms with Gasteiger partial charge in [0.05, 0.1) is 17.3 Å². The van der Waals surface area contributed by atoms with Crippen molar-refractivity contribution in [1.82, 2.24) is 19.8 Å². The van der Waals surface area contributed by atoms with E-state index in [0.717, 1.165) is 6.42 Å². The predicted molar refractivity (Wildman–Crippen MR) is 69.5 cm³/mol. The Morgan fingerprint density at radius 1 is 1.47 bits per heavy atom. The zero-order valence-corrected chi connectivity index (χ0v) is 11.5. The van der Waals surface area contributed by atoms with E-state index in [1.54, 1.807) is 36.9 Å². The Hall–Kier alpha value is -1.98. The highest BCUT2D eigenvalue weighted by atomic mass is 16.2. The van der Waals surface area contributed by atoms with Gasteiger partial charge in [-0.25, -0.2) is 9.97 Å². The third-order valence-corrected chi connectivity index (χ3v) is 3.64. The van der Waals surface area contributed by atoms with Crippen LogP contribution in [0.4, 0.5) is 0 Å². The van der Waals surface area contributed by atoms with Gasteiger partial charge in [-0.05, 0) is 13.3 Å². The Morgan fingerprint density at radius 2 is 2.21 bits per heavy atom. The van der Waals surface area contributed by atoms with E-state index in [1.807, 2.05) is 0 Å². The number of hydrogen-bond donors (Lipinski definition) is 0. The molecule has 0 bridgehead atoms.